The fourth-order valence-corrected chi connectivity index (χ4v) is 2.49. The van der Waals surface area contributed by atoms with E-state index < -0.39 is 0 Å². The molecule has 0 spiro atoms. The van der Waals surface area contributed by atoms with Crippen LogP contribution < -0.4 is 20.9 Å². The second-order valence-electron chi connectivity index (χ2n) is 3.80. The number of thiazole rings is 1. The molecule has 3 N–H and O–H groups in total. The average Bonchev–Trinajstić information content (AvgIpc) is 2.86. The van der Waals surface area contributed by atoms with E-state index in [1.807, 2.05) is 37.5 Å². The summed E-state index contributed by atoms with van der Waals surface area (Å²) in [5, 5.41) is 0.721. The van der Waals surface area contributed by atoms with Crippen molar-refractivity contribution in [2.24, 2.45) is 5.84 Å². The Morgan fingerprint density at radius 3 is 2.89 bits per heavy atom. The molecule has 1 aromatic carbocycles. The lowest BCUT2D eigenvalue weighted by Gasteiger charge is -2.20. The maximum atomic E-state index is 5.34. The van der Waals surface area contributed by atoms with Crippen LogP contribution in [0.2, 0.25) is 0 Å². The Morgan fingerprint density at radius 2 is 2.22 bits per heavy atom. The van der Waals surface area contributed by atoms with Crippen molar-refractivity contribution in [3.05, 3.63) is 35.3 Å². The summed E-state index contributed by atoms with van der Waals surface area (Å²) in [5.41, 5.74) is 3.60. The van der Waals surface area contributed by atoms with Gasteiger partial charge in [0, 0.05) is 18.1 Å². The molecule has 0 radical (unpaired) electrons. The van der Waals surface area contributed by atoms with Crippen LogP contribution in [0.1, 0.15) is 4.88 Å². The SMILES string of the molecule is COc1ccccc1N(C)Cc1cnc(NN)s1. The zero-order valence-corrected chi connectivity index (χ0v) is 11.2. The molecule has 0 aliphatic rings. The number of nitrogens with one attached hydrogen (secondary N) is 1. The first-order valence-electron chi connectivity index (χ1n) is 5.50. The van der Waals surface area contributed by atoms with Gasteiger partial charge in [0.1, 0.15) is 5.75 Å². The molecule has 0 saturated carbocycles. The number of benzene rings is 1. The highest BCUT2D eigenvalue weighted by Crippen LogP contribution is 2.28. The Labute approximate surface area is 110 Å². The van der Waals surface area contributed by atoms with E-state index in [2.05, 4.69) is 15.3 Å². The highest BCUT2D eigenvalue weighted by atomic mass is 32.1. The number of aromatic nitrogens is 1. The van der Waals surface area contributed by atoms with Gasteiger partial charge < -0.3 is 9.64 Å². The van der Waals surface area contributed by atoms with Crippen LogP contribution in [0.3, 0.4) is 0 Å². The van der Waals surface area contributed by atoms with E-state index >= 15 is 0 Å². The fraction of sp³-hybridized carbons (Fsp3) is 0.250. The van der Waals surface area contributed by atoms with Crippen molar-refractivity contribution in [1.29, 1.82) is 0 Å². The van der Waals surface area contributed by atoms with Crippen LogP contribution in [0.4, 0.5) is 10.8 Å². The average molecular weight is 264 g/mol. The summed E-state index contributed by atoms with van der Waals surface area (Å²) in [4.78, 5) is 7.40. The van der Waals surface area contributed by atoms with E-state index in [-0.39, 0.29) is 0 Å². The fourth-order valence-electron chi connectivity index (χ4n) is 1.71. The maximum absolute atomic E-state index is 5.34. The normalized spacial score (nSPS) is 10.2. The molecule has 0 saturated heterocycles. The molecule has 0 amide bonds. The van der Waals surface area contributed by atoms with Crippen LogP contribution >= 0.6 is 11.3 Å². The summed E-state index contributed by atoms with van der Waals surface area (Å²) in [5.74, 6) is 6.18. The number of hydrogen-bond acceptors (Lipinski definition) is 6. The van der Waals surface area contributed by atoms with Crippen molar-refractivity contribution in [3.63, 3.8) is 0 Å². The summed E-state index contributed by atoms with van der Waals surface area (Å²) in [6.45, 7) is 0.764. The minimum Gasteiger partial charge on any atom is -0.495 e. The Balaban J connectivity index is 2.13. The lowest BCUT2D eigenvalue weighted by Crippen LogP contribution is -2.16. The van der Waals surface area contributed by atoms with Gasteiger partial charge in [0.15, 0.2) is 5.13 Å². The van der Waals surface area contributed by atoms with Crippen molar-refractivity contribution < 1.29 is 4.74 Å². The van der Waals surface area contributed by atoms with Gasteiger partial charge >= 0.3 is 0 Å². The molecule has 0 bridgehead atoms. The molecule has 0 fully saturated rings. The third-order valence-electron chi connectivity index (χ3n) is 2.57. The smallest absolute Gasteiger partial charge is 0.197 e. The largest absolute Gasteiger partial charge is 0.495 e. The summed E-state index contributed by atoms with van der Waals surface area (Å²) < 4.78 is 5.34. The molecule has 96 valence electrons. The lowest BCUT2D eigenvalue weighted by molar-refractivity contribution is 0.415. The van der Waals surface area contributed by atoms with Crippen LogP contribution in [0.15, 0.2) is 30.5 Å². The molecule has 0 aliphatic heterocycles. The second-order valence-corrected chi connectivity index (χ2v) is 4.92. The molecule has 0 atom stereocenters. The van der Waals surface area contributed by atoms with Gasteiger partial charge in [-0.1, -0.05) is 23.5 Å². The number of hydrazine groups is 1. The standard InChI is InChI=1S/C12H16N4OS/c1-16(8-9-7-14-12(15-13)18-9)10-5-3-4-6-11(10)17-2/h3-7H,8,13H2,1-2H3,(H,14,15). The van der Waals surface area contributed by atoms with Gasteiger partial charge in [0.25, 0.3) is 0 Å². The van der Waals surface area contributed by atoms with Gasteiger partial charge in [-0.3, -0.25) is 5.43 Å². The van der Waals surface area contributed by atoms with Gasteiger partial charge in [-0.25, -0.2) is 10.8 Å². The zero-order valence-electron chi connectivity index (χ0n) is 10.4. The number of hydrogen-bond donors (Lipinski definition) is 2. The number of ether oxygens (including phenoxy) is 1. The van der Waals surface area contributed by atoms with Crippen LogP contribution in [-0.2, 0) is 6.54 Å². The number of nitrogens with two attached hydrogens (primary N) is 1. The van der Waals surface area contributed by atoms with Gasteiger partial charge in [-0.15, -0.1) is 0 Å². The first-order chi connectivity index (χ1) is 8.74. The van der Waals surface area contributed by atoms with Gasteiger partial charge in [0.05, 0.1) is 19.3 Å². The molecular formula is C12H16N4OS. The molecule has 18 heavy (non-hydrogen) atoms. The summed E-state index contributed by atoms with van der Waals surface area (Å²) in [7, 11) is 3.70. The molecule has 0 unspecified atom stereocenters. The minimum atomic E-state index is 0.721. The minimum absolute atomic E-state index is 0.721. The number of methoxy groups -OCH3 is 1. The Morgan fingerprint density at radius 1 is 1.44 bits per heavy atom. The first kappa shape index (κ1) is 12.7. The van der Waals surface area contributed by atoms with Gasteiger partial charge in [-0.05, 0) is 12.1 Å². The van der Waals surface area contributed by atoms with Crippen molar-refractivity contribution in [2.75, 3.05) is 24.5 Å². The van der Waals surface area contributed by atoms with Crippen molar-refractivity contribution in [3.8, 4) is 5.75 Å². The van der Waals surface area contributed by atoms with Crippen LogP contribution in [-0.4, -0.2) is 19.1 Å². The van der Waals surface area contributed by atoms with E-state index in [0.29, 0.717) is 0 Å². The number of nitrogen functional groups attached to an aromatic ring is 1. The van der Waals surface area contributed by atoms with E-state index in [9.17, 15) is 0 Å². The zero-order chi connectivity index (χ0) is 13.0. The van der Waals surface area contributed by atoms with E-state index in [1.54, 1.807) is 7.11 Å². The quantitative estimate of drug-likeness (QED) is 0.639. The number of para-hydroxylation sites is 2. The van der Waals surface area contributed by atoms with Crippen molar-refractivity contribution in [2.45, 2.75) is 6.54 Å². The Kier molecular flexibility index (Phi) is 4.01. The topological polar surface area (TPSA) is 63.4 Å². The van der Waals surface area contributed by atoms with Crippen molar-refractivity contribution >= 4 is 22.2 Å². The highest BCUT2D eigenvalue weighted by molar-refractivity contribution is 7.15. The first-order valence-corrected chi connectivity index (χ1v) is 6.31. The second kappa shape index (κ2) is 5.70. The van der Waals surface area contributed by atoms with Gasteiger partial charge in [0.2, 0.25) is 0 Å². The van der Waals surface area contributed by atoms with E-state index in [0.717, 1.165) is 28.0 Å². The third kappa shape index (κ3) is 2.72. The van der Waals surface area contributed by atoms with E-state index in [4.69, 9.17) is 10.6 Å². The molecule has 6 heteroatoms. The molecule has 5 nitrogen and oxygen atoms in total. The Bertz CT molecular complexity index is 514. The molecule has 2 rings (SSSR count). The van der Waals surface area contributed by atoms with Crippen LogP contribution in [0, 0.1) is 0 Å². The third-order valence-corrected chi connectivity index (χ3v) is 3.48. The molecular weight excluding hydrogens is 248 g/mol. The van der Waals surface area contributed by atoms with Crippen molar-refractivity contribution in [1.82, 2.24) is 4.98 Å². The predicted molar refractivity (Wildman–Crippen MR) is 75.0 cm³/mol. The summed E-state index contributed by atoms with van der Waals surface area (Å²) >= 11 is 1.54. The molecule has 1 heterocycles. The summed E-state index contributed by atoms with van der Waals surface area (Å²) in [6, 6.07) is 7.93. The molecule has 1 aromatic heterocycles. The number of nitrogens with zero attached hydrogens (tertiary/aromatic N) is 2. The van der Waals surface area contributed by atoms with Crippen LogP contribution in [0.5, 0.6) is 5.75 Å². The summed E-state index contributed by atoms with van der Waals surface area (Å²) in [6.07, 6.45) is 1.83. The number of rotatable bonds is 5. The lowest BCUT2D eigenvalue weighted by atomic mass is 10.2. The van der Waals surface area contributed by atoms with E-state index in [1.165, 1.54) is 11.3 Å². The molecule has 2 aromatic rings. The Hall–Kier alpha value is -1.79. The molecule has 0 aliphatic carbocycles. The highest BCUT2D eigenvalue weighted by Gasteiger charge is 2.09. The number of anilines is 2. The van der Waals surface area contributed by atoms with Crippen LogP contribution in [0.25, 0.3) is 0 Å². The van der Waals surface area contributed by atoms with Gasteiger partial charge in [-0.2, -0.15) is 0 Å². The predicted octanol–water partition coefficient (Wildman–Crippen LogP) is 2.07. The monoisotopic (exact) mass is 264 g/mol. The maximum Gasteiger partial charge on any atom is 0.197 e.